The first-order valence-electron chi connectivity index (χ1n) is 4.31. The predicted molar refractivity (Wildman–Crippen MR) is 48.1 cm³/mol. The molecule has 2 nitrogen and oxygen atoms in total. The van der Waals surface area contributed by atoms with E-state index in [2.05, 4.69) is 6.92 Å². The standard InChI is InChI=1S/C9H19NO/c1-8(7-11)5-3-4-6-9(2)10/h8,10-11H,3-7H2,1-2H3. The zero-order valence-electron chi connectivity index (χ0n) is 7.56. The third kappa shape index (κ3) is 7.53. The fraction of sp³-hybridized carbons (Fsp3) is 0.889. The van der Waals surface area contributed by atoms with Crippen LogP contribution in [-0.4, -0.2) is 17.4 Å². The van der Waals surface area contributed by atoms with Gasteiger partial charge in [-0.3, -0.25) is 0 Å². The van der Waals surface area contributed by atoms with Gasteiger partial charge in [0.15, 0.2) is 0 Å². The first kappa shape index (κ1) is 10.6. The molecular formula is C9H19NO. The number of rotatable bonds is 6. The fourth-order valence-electron chi connectivity index (χ4n) is 0.974. The highest BCUT2D eigenvalue weighted by atomic mass is 16.3. The topological polar surface area (TPSA) is 44.1 Å². The van der Waals surface area contributed by atoms with E-state index in [1.165, 1.54) is 0 Å². The molecule has 0 fully saturated rings. The van der Waals surface area contributed by atoms with Gasteiger partial charge in [-0.2, -0.15) is 0 Å². The minimum atomic E-state index is 0.295. The minimum Gasteiger partial charge on any atom is -0.396 e. The van der Waals surface area contributed by atoms with Gasteiger partial charge in [-0.05, 0) is 32.1 Å². The van der Waals surface area contributed by atoms with Gasteiger partial charge in [0, 0.05) is 12.3 Å². The van der Waals surface area contributed by atoms with E-state index in [1.54, 1.807) is 0 Å². The number of unbranched alkanes of at least 4 members (excludes halogenated alkanes) is 1. The Morgan fingerprint density at radius 1 is 1.45 bits per heavy atom. The third-order valence-corrected chi connectivity index (χ3v) is 1.81. The average Bonchev–Trinajstić information content (AvgIpc) is 1.97. The van der Waals surface area contributed by atoms with E-state index in [1.807, 2.05) is 6.92 Å². The SMILES string of the molecule is CC(=N)CCCCC(C)CO. The van der Waals surface area contributed by atoms with Crippen molar-refractivity contribution < 1.29 is 5.11 Å². The van der Waals surface area contributed by atoms with Crippen LogP contribution in [0.15, 0.2) is 0 Å². The van der Waals surface area contributed by atoms with Crippen LogP contribution in [-0.2, 0) is 0 Å². The number of hydrogen-bond acceptors (Lipinski definition) is 2. The Labute approximate surface area is 69.1 Å². The van der Waals surface area contributed by atoms with Gasteiger partial charge in [-0.15, -0.1) is 0 Å². The summed E-state index contributed by atoms with van der Waals surface area (Å²) in [5, 5.41) is 15.9. The highest BCUT2D eigenvalue weighted by Crippen LogP contribution is 2.08. The first-order chi connectivity index (χ1) is 5.16. The lowest BCUT2D eigenvalue weighted by atomic mass is 10.0. The van der Waals surface area contributed by atoms with Crippen LogP contribution in [0.3, 0.4) is 0 Å². The van der Waals surface area contributed by atoms with E-state index < -0.39 is 0 Å². The van der Waals surface area contributed by atoms with Crippen molar-refractivity contribution in [2.24, 2.45) is 5.92 Å². The maximum Gasteiger partial charge on any atom is 0.0456 e. The molecule has 0 aliphatic carbocycles. The average molecular weight is 157 g/mol. The summed E-state index contributed by atoms with van der Waals surface area (Å²) < 4.78 is 0. The molecule has 1 unspecified atom stereocenters. The van der Waals surface area contributed by atoms with Crippen LogP contribution in [0.5, 0.6) is 0 Å². The zero-order chi connectivity index (χ0) is 8.69. The van der Waals surface area contributed by atoms with Crippen LogP contribution >= 0.6 is 0 Å². The second-order valence-corrected chi connectivity index (χ2v) is 3.31. The number of hydrogen-bond donors (Lipinski definition) is 2. The molecular weight excluding hydrogens is 138 g/mol. The van der Waals surface area contributed by atoms with Crippen LogP contribution in [0.25, 0.3) is 0 Å². The molecule has 0 radical (unpaired) electrons. The summed E-state index contributed by atoms with van der Waals surface area (Å²) in [6.07, 6.45) is 4.24. The van der Waals surface area contributed by atoms with Gasteiger partial charge < -0.3 is 10.5 Å². The molecule has 1 atom stereocenters. The van der Waals surface area contributed by atoms with E-state index >= 15 is 0 Å². The van der Waals surface area contributed by atoms with Crippen molar-refractivity contribution in [2.75, 3.05) is 6.61 Å². The highest BCUT2D eigenvalue weighted by Gasteiger charge is 1.98. The second kappa shape index (κ2) is 6.35. The molecule has 0 aliphatic heterocycles. The molecule has 0 rings (SSSR count). The third-order valence-electron chi connectivity index (χ3n) is 1.81. The second-order valence-electron chi connectivity index (χ2n) is 3.31. The number of aliphatic hydroxyl groups is 1. The van der Waals surface area contributed by atoms with Crippen LogP contribution < -0.4 is 0 Å². The van der Waals surface area contributed by atoms with Gasteiger partial charge in [0.05, 0.1) is 0 Å². The van der Waals surface area contributed by atoms with E-state index in [-0.39, 0.29) is 0 Å². The van der Waals surface area contributed by atoms with E-state index in [4.69, 9.17) is 10.5 Å². The Bertz CT molecular complexity index is 112. The van der Waals surface area contributed by atoms with Crippen molar-refractivity contribution in [1.82, 2.24) is 0 Å². The number of aliphatic hydroxyl groups excluding tert-OH is 1. The van der Waals surface area contributed by atoms with Crippen molar-refractivity contribution in [3.63, 3.8) is 0 Å². The lowest BCUT2D eigenvalue weighted by Gasteiger charge is -2.05. The molecule has 11 heavy (non-hydrogen) atoms. The maximum absolute atomic E-state index is 8.70. The maximum atomic E-state index is 8.70. The highest BCUT2D eigenvalue weighted by molar-refractivity contribution is 5.78. The van der Waals surface area contributed by atoms with Crippen molar-refractivity contribution >= 4 is 5.71 Å². The molecule has 0 amide bonds. The Kier molecular flexibility index (Phi) is 6.13. The molecule has 0 saturated heterocycles. The first-order valence-corrected chi connectivity index (χ1v) is 4.31. The number of nitrogens with one attached hydrogen (secondary N) is 1. The molecule has 2 N–H and O–H groups in total. The van der Waals surface area contributed by atoms with Crippen LogP contribution in [0.4, 0.5) is 0 Å². The van der Waals surface area contributed by atoms with E-state index in [9.17, 15) is 0 Å². The van der Waals surface area contributed by atoms with Crippen LogP contribution in [0.2, 0.25) is 0 Å². The largest absolute Gasteiger partial charge is 0.396 e. The van der Waals surface area contributed by atoms with Crippen LogP contribution in [0, 0.1) is 11.3 Å². The summed E-state index contributed by atoms with van der Waals surface area (Å²) in [5.74, 6) is 0.432. The Morgan fingerprint density at radius 3 is 2.55 bits per heavy atom. The lowest BCUT2D eigenvalue weighted by Crippen LogP contribution is -2.00. The molecule has 0 saturated carbocycles. The quantitative estimate of drug-likeness (QED) is 0.450. The molecule has 0 aromatic heterocycles. The van der Waals surface area contributed by atoms with Gasteiger partial charge in [-0.25, -0.2) is 0 Å². The van der Waals surface area contributed by atoms with Gasteiger partial charge >= 0.3 is 0 Å². The molecule has 0 aromatic carbocycles. The van der Waals surface area contributed by atoms with Crippen molar-refractivity contribution in [3.8, 4) is 0 Å². The monoisotopic (exact) mass is 157 g/mol. The van der Waals surface area contributed by atoms with Crippen LogP contribution in [0.1, 0.15) is 39.5 Å². The van der Waals surface area contributed by atoms with Crippen molar-refractivity contribution in [1.29, 1.82) is 5.41 Å². The fourth-order valence-corrected chi connectivity index (χ4v) is 0.974. The van der Waals surface area contributed by atoms with Gasteiger partial charge in [0.2, 0.25) is 0 Å². The smallest absolute Gasteiger partial charge is 0.0456 e. The van der Waals surface area contributed by atoms with E-state index in [0.29, 0.717) is 12.5 Å². The van der Waals surface area contributed by atoms with E-state index in [0.717, 1.165) is 31.4 Å². The van der Waals surface area contributed by atoms with Gasteiger partial charge in [0.25, 0.3) is 0 Å². The molecule has 0 heterocycles. The minimum absolute atomic E-state index is 0.295. The van der Waals surface area contributed by atoms with Gasteiger partial charge in [0.1, 0.15) is 0 Å². The Hall–Kier alpha value is -0.370. The molecule has 2 heteroatoms. The summed E-state index contributed by atoms with van der Waals surface area (Å²) in [7, 11) is 0. The molecule has 0 spiro atoms. The van der Waals surface area contributed by atoms with Crippen molar-refractivity contribution in [2.45, 2.75) is 39.5 Å². The Balaban J connectivity index is 3.08. The van der Waals surface area contributed by atoms with Crippen molar-refractivity contribution in [3.05, 3.63) is 0 Å². The molecule has 66 valence electrons. The molecule has 0 aromatic rings. The summed E-state index contributed by atoms with van der Waals surface area (Å²) in [6.45, 7) is 4.19. The summed E-state index contributed by atoms with van der Waals surface area (Å²) in [6, 6.07) is 0. The summed E-state index contributed by atoms with van der Waals surface area (Å²) >= 11 is 0. The molecule has 0 aliphatic rings. The summed E-state index contributed by atoms with van der Waals surface area (Å²) in [4.78, 5) is 0. The zero-order valence-corrected chi connectivity index (χ0v) is 7.56. The normalized spacial score (nSPS) is 13.0. The summed E-state index contributed by atoms with van der Waals surface area (Å²) in [5.41, 5.74) is 0.765. The van der Waals surface area contributed by atoms with Gasteiger partial charge in [-0.1, -0.05) is 13.3 Å². The lowest BCUT2D eigenvalue weighted by molar-refractivity contribution is 0.228. The molecule has 0 bridgehead atoms. The Morgan fingerprint density at radius 2 is 2.09 bits per heavy atom. The predicted octanol–water partition coefficient (Wildman–Crippen LogP) is 2.21.